The Hall–Kier alpha value is -0.0800. The maximum atomic E-state index is 10.5. The number of nitrogens with one attached hydrogen (secondary N) is 1. The fourth-order valence-electron chi connectivity index (χ4n) is 0.700. The van der Waals surface area contributed by atoms with Crippen LogP contribution in [0.25, 0.3) is 0 Å². The Morgan fingerprint density at radius 1 is 1.75 bits per heavy atom. The van der Waals surface area contributed by atoms with Gasteiger partial charge < -0.3 is 5.32 Å². The highest BCUT2D eigenvalue weighted by Gasteiger charge is 2.17. The second kappa shape index (κ2) is 3.05. The first-order valence-electron chi connectivity index (χ1n) is 2.54. The van der Waals surface area contributed by atoms with Crippen molar-refractivity contribution in [2.75, 3.05) is 13.1 Å². The minimum atomic E-state index is 0. The SMILES string of the molecule is CC1CNCC1=O.Cl. The van der Waals surface area contributed by atoms with Crippen LogP contribution in [0.15, 0.2) is 0 Å². The monoisotopic (exact) mass is 135 g/mol. The summed E-state index contributed by atoms with van der Waals surface area (Å²) in [5.74, 6) is 0.611. The summed E-state index contributed by atoms with van der Waals surface area (Å²) >= 11 is 0. The molecule has 1 atom stereocenters. The van der Waals surface area contributed by atoms with Crippen molar-refractivity contribution in [3.05, 3.63) is 0 Å². The quantitative estimate of drug-likeness (QED) is 0.515. The molecule has 0 aromatic heterocycles. The first-order valence-corrected chi connectivity index (χ1v) is 2.54. The van der Waals surface area contributed by atoms with Crippen molar-refractivity contribution >= 4 is 18.2 Å². The van der Waals surface area contributed by atoms with Crippen LogP contribution >= 0.6 is 12.4 Å². The molecule has 0 radical (unpaired) electrons. The summed E-state index contributed by atoms with van der Waals surface area (Å²) in [6, 6.07) is 0. The molecule has 3 heteroatoms. The van der Waals surface area contributed by atoms with Crippen molar-refractivity contribution in [2.45, 2.75) is 6.92 Å². The topological polar surface area (TPSA) is 29.1 Å². The summed E-state index contributed by atoms with van der Waals surface area (Å²) in [5, 5.41) is 2.97. The van der Waals surface area contributed by atoms with Crippen molar-refractivity contribution in [1.29, 1.82) is 0 Å². The van der Waals surface area contributed by atoms with E-state index in [9.17, 15) is 4.79 Å². The third-order valence-corrected chi connectivity index (χ3v) is 1.30. The van der Waals surface area contributed by atoms with Crippen LogP contribution in [0.4, 0.5) is 0 Å². The molecule has 1 fully saturated rings. The van der Waals surface area contributed by atoms with E-state index in [0.29, 0.717) is 12.3 Å². The van der Waals surface area contributed by atoms with E-state index in [0.717, 1.165) is 6.54 Å². The van der Waals surface area contributed by atoms with Gasteiger partial charge in [0, 0.05) is 12.5 Å². The minimum absolute atomic E-state index is 0. The van der Waals surface area contributed by atoms with E-state index in [-0.39, 0.29) is 18.3 Å². The van der Waals surface area contributed by atoms with Crippen molar-refractivity contribution in [3.63, 3.8) is 0 Å². The van der Waals surface area contributed by atoms with Gasteiger partial charge in [-0.15, -0.1) is 12.4 Å². The Balaban J connectivity index is 0.000000490. The third kappa shape index (κ3) is 1.46. The van der Waals surface area contributed by atoms with Crippen LogP contribution in [0.5, 0.6) is 0 Å². The number of carbonyl (C=O) groups excluding carboxylic acids is 1. The Morgan fingerprint density at radius 2 is 2.38 bits per heavy atom. The highest BCUT2D eigenvalue weighted by Crippen LogP contribution is 1.98. The number of Topliss-reactive ketones (excluding diaryl/α,β-unsaturated/α-hetero) is 1. The van der Waals surface area contributed by atoms with Crippen molar-refractivity contribution in [1.82, 2.24) is 5.32 Å². The predicted molar refractivity (Wildman–Crippen MR) is 34.3 cm³/mol. The van der Waals surface area contributed by atoms with Crippen LogP contribution in [0.1, 0.15) is 6.92 Å². The smallest absolute Gasteiger partial charge is 0.150 e. The van der Waals surface area contributed by atoms with Crippen molar-refractivity contribution in [3.8, 4) is 0 Å². The molecular formula is C5H10ClNO. The molecule has 0 bridgehead atoms. The lowest BCUT2D eigenvalue weighted by molar-refractivity contribution is -0.119. The third-order valence-electron chi connectivity index (χ3n) is 1.30. The zero-order chi connectivity index (χ0) is 5.28. The highest BCUT2D eigenvalue weighted by atomic mass is 35.5. The van der Waals surface area contributed by atoms with E-state index in [2.05, 4.69) is 5.32 Å². The lowest BCUT2D eigenvalue weighted by atomic mass is 10.1. The van der Waals surface area contributed by atoms with Gasteiger partial charge in [-0.25, -0.2) is 0 Å². The maximum Gasteiger partial charge on any atom is 0.150 e. The lowest BCUT2D eigenvalue weighted by Gasteiger charge is -1.89. The standard InChI is InChI=1S/C5H9NO.ClH/c1-4-2-6-3-5(4)7;/h4,6H,2-3H2,1H3;1H. The molecule has 0 amide bonds. The Labute approximate surface area is 55.1 Å². The van der Waals surface area contributed by atoms with Crippen LogP contribution < -0.4 is 5.32 Å². The van der Waals surface area contributed by atoms with Crippen LogP contribution in [0, 0.1) is 5.92 Å². The van der Waals surface area contributed by atoms with Gasteiger partial charge in [-0.3, -0.25) is 4.79 Å². The zero-order valence-corrected chi connectivity index (χ0v) is 5.62. The van der Waals surface area contributed by atoms with E-state index in [1.165, 1.54) is 0 Å². The van der Waals surface area contributed by atoms with Gasteiger partial charge in [-0.2, -0.15) is 0 Å². The molecule has 2 nitrogen and oxygen atoms in total. The first-order chi connectivity index (χ1) is 3.30. The molecule has 48 valence electrons. The van der Waals surface area contributed by atoms with Crippen LogP contribution in [0.3, 0.4) is 0 Å². The number of carbonyl (C=O) groups is 1. The summed E-state index contributed by atoms with van der Waals surface area (Å²) in [5.41, 5.74) is 0. The summed E-state index contributed by atoms with van der Waals surface area (Å²) < 4.78 is 0. The molecule has 0 aromatic carbocycles. The fourth-order valence-corrected chi connectivity index (χ4v) is 0.700. The highest BCUT2D eigenvalue weighted by molar-refractivity contribution is 5.85. The number of ketones is 1. The molecule has 1 aliphatic rings. The van der Waals surface area contributed by atoms with Crippen LogP contribution in [-0.4, -0.2) is 18.9 Å². The van der Waals surface area contributed by atoms with Gasteiger partial charge in [0.25, 0.3) is 0 Å². The summed E-state index contributed by atoms with van der Waals surface area (Å²) in [4.78, 5) is 10.5. The van der Waals surface area contributed by atoms with Crippen LogP contribution in [0.2, 0.25) is 0 Å². The van der Waals surface area contributed by atoms with Gasteiger partial charge in [0.2, 0.25) is 0 Å². The van der Waals surface area contributed by atoms with E-state index >= 15 is 0 Å². The largest absolute Gasteiger partial charge is 0.309 e. The minimum Gasteiger partial charge on any atom is -0.309 e. The Morgan fingerprint density at radius 3 is 2.50 bits per heavy atom. The molecule has 1 aliphatic heterocycles. The second-order valence-corrected chi connectivity index (χ2v) is 2.00. The summed E-state index contributed by atoms with van der Waals surface area (Å²) in [6.07, 6.45) is 0. The average molecular weight is 136 g/mol. The molecule has 1 heterocycles. The van der Waals surface area contributed by atoms with Crippen molar-refractivity contribution < 1.29 is 4.79 Å². The molecule has 0 saturated carbocycles. The number of hydrogen-bond donors (Lipinski definition) is 1. The van der Waals surface area contributed by atoms with Gasteiger partial charge in [0.05, 0.1) is 6.54 Å². The number of halogens is 1. The van der Waals surface area contributed by atoms with E-state index < -0.39 is 0 Å². The van der Waals surface area contributed by atoms with Gasteiger partial charge in [0.15, 0.2) is 5.78 Å². The van der Waals surface area contributed by atoms with Crippen LogP contribution in [-0.2, 0) is 4.79 Å². The summed E-state index contributed by atoms with van der Waals surface area (Å²) in [7, 11) is 0. The molecule has 0 spiro atoms. The fraction of sp³-hybridized carbons (Fsp3) is 0.800. The molecule has 8 heavy (non-hydrogen) atoms. The molecule has 1 N–H and O–H groups in total. The first kappa shape index (κ1) is 7.92. The molecule has 1 rings (SSSR count). The molecule has 1 saturated heterocycles. The molecule has 0 aliphatic carbocycles. The summed E-state index contributed by atoms with van der Waals surface area (Å²) in [6.45, 7) is 3.41. The Bertz CT molecular complexity index is 94.4. The van der Waals surface area contributed by atoms with Gasteiger partial charge in [-0.05, 0) is 0 Å². The molecule has 0 aromatic rings. The normalized spacial score (nSPS) is 27.6. The van der Waals surface area contributed by atoms with E-state index in [4.69, 9.17) is 0 Å². The van der Waals surface area contributed by atoms with Gasteiger partial charge >= 0.3 is 0 Å². The second-order valence-electron chi connectivity index (χ2n) is 2.00. The number of hydrogen-bond acceptors (Lipinski definition) is 2. The van der Waals surface area contributed by atoms with E-state index in [1.807, 2.05) is 6.92 Å². The molecular weight excluding hydrogens is 126 g/mol. The zero-order valence-electron chi connectivity index (χ0n) is 4.81. The molecule has 1 unspecified atom stereocenters. The van der Waals surface area contributed by atoms with Gasteiger partial charge in [-0.1, -0.05) is 6.92 Å². The Kier molecular flexibility index (Phi) is 3.02. The number of rotatable bonds is 0. The predicted octanol–water partition coefficient (Wildman–Crippen LogP) is 0.217. The maximum absolute atomic E-state index is 10.5. The van der Waals surface area contributed by atoms with Gasteiger partial charge in [0.1, 0.15) is 0 Å². The lowest BCUT2D eigenvalue weighted by Crippen LogP contribution is -2.07. The average Bonchev–Trinajstić information content (AvgIpc) is 1.91. The van der Waals surface area contributed by atoms with Crippen molar-refractivity contribution in [2.24, 2.45) is 5.92 Å². The van der Waals surface area contributed by atoms with E-state index in [1.54, 1.807) is 0 Å².